The van der Waals surface area contributed by atoms with Gasteiger partial charge in [0.1, 0.15) is 0 Å². The second kappa shape index (κ2) is 4.97. The van der Waals surface area contributed by atoms with Crippen molar-refractivity contribution < 1.29 is 0 Å². The summed E-state index contributed by atoms with van der Waals surface area (Å²) in [7, 11) is 0. The number of thioether (sulfide) groups is 1. The molecule has 0 N–H and O–H groups in total. The third kappa shape index (κ3) is 3.22. The predicted octanol–water partition coefficient (Wildman–Crippen LogP) is 2.05. The van der Waals surface area contributed by atoms with E-state index in [9.17, 15) is 0 Å². The van der Waals surface area contributed by atoms with Crippen LogP contribution in [0.3, 0.4) is 0 Å². The first kappa shape index (κ1) is 7.25. The van der Waals surface area contributed by atoms with Gasteiger partial charge in [-0.2, -0.15) is 0 Å². The fraction of sp³-hybridized carbons (Fsp3) is 1.00. The van der Waals surface area contributed by atoms with Gasteiger partial charge in [-0.05, 0) is 0 Å². The van der Waals surface area contributed by atoms with Crippen LogP contribution in [0.5, 0.6) is 0 Å². The van der Waals surface area contributed by atoms with Crippen LogP contribution in [-0.2, 0) is 0 Å². The molecule has 0 saturated carbocycles. The van der Waals surface area contributed by atoms with E-state index in [4.69, 9.17) is 0 Å². The Hall–Kier alpha value is 1.14. The Labute approximate surface area is 65.9 Å². The Kier molecular flexibility index (Phi) is 4.50. The summed E-state index contributed by atoms with van der Waals surface area (Å²) in [6, 6.07) is 0. The number of rotatable bonds is 0. The van der Waals surface area contributed by atoms with Gasteiger partial charge in [0.2, 0.25) is 0 Å². The predicted molar refractivity (Wildman–Crippen MR) is 41.9 cm³/mol. The fourth-order valence-electron chi connectivity index (χ4n) is 0.730. The van der Waals surface area contributed by atoms with Gasteiger partial charge in [-0.1, -0.05) is 0 Å². The third-order valence-electron chi connectivity index (χ3n) is 1.15. The first-order chi connectivity index (χ1) is 4.00. The van der Waals surface area contributed by atoms with E-state index >= 15 is 0 Å². The number of hydrogen-bond acceptors (Lipinski definition) is 1. The molecule has 1 aliphatic rings. The Morgan fingerprint density at radius 2 is 1.62 bits per heavy atom. The first-order valence-electron chi connectivity index (χ1n) is 3.15. The minimum atomic E-state index is 0.505. The van der Waals surface area contributed by atoms with Gasteiger partial charge in [0.15, 0.2) is 0 Å². The minimum absolute atomic E-state index is 0.505. The summed E-state index contributed by atoms with van der Waals surface area (Å²) in [5.74, 6) is 2.90. The van der Waals surface area contributed by atoms with Crippen molar-refractivity contribution in [1.82, 2.24) is 0 Å². The monoisotopic (exact) mass is 246 g/mol. The van der Waals surface area contributed by atoms with Gasteiger partial charge in [-0.25, -0.2) is 0 Å². The van der Waals surface area contributed by atoms with Crippen LogP contribution in [0.2, 0.25) is 8.94 Å². The summed E-state index contributed by atoms with van der Waals surface area (Å²) < 4.78 is 3.22. The fourth-order valence-corrected chi connectivity index (χ4v) is 5.34. The SMILES string of the molecule is C1CSCCC[Te]C1. The molecule has 0 unspecified atom stereocenters. The molecule has 48 valence electrons. The zero-order valence-corrected chi connectivity index (χ0v) is 8.21. The van der Waals surface area contributed by atoms with E-state index < -0.39 is 0 Å². The molecule has 0 aromatic heterocycles. The molecule has 1 rings (SSSR count). The maximum atomic E-state index is 2.15. The van der Waals surface area contributed by atoms with E-state index in [0.29, 0.717) is 20.9 Å². The molecule has 0 amide bonds. The van der Waals surface area contributed by atoms with E-state index in [2.05, 4.69) is 11.8 Å². The van der Waals surface area contributed by atoms with Gasteiger partial charge in [0.25, 0.3) is 0 Å². The van der Waals surface area contributed by atoms with Crippen LogP contribution in [-0.4, -0.2) is 32.4 Å². The average molecular weight is 244 g/mol. The Morgan fingerprint density at radius 1 is 1.00 bits per heavy atom. The molecule has 0 spiro atoms. The summed E-state index contributed by atoms with van der Waals surface area (Å²) >= 11 is 2.66. The topological polar surface area (TPSA) is 0 Å². The van der Waals surface area contributed by atoms with Crippen LogP contribution in [0.4, 0.5) is 0 Å². The van der Waals surface area contributed by atoms with Gasteiger partial charge in [0.05, 0.1) is 0 Å². The quantitative estimate of drug-likeness (QED) is 0.587. The number of hydrogen-bond donors (Lipinski definition) is 0. The molecule has 0 bridgehead atoms. The molecule has 1 saturated heterocycles. The Balaban J connectivity index is 2.00. The standard InChI is InChI=1S/C6H12STe/c1-3-7-4-2-6-8-5-1/h1-6H2. The molecule has 8 heavy (non-hydrogen) atoms. The van der Waals surface area contributed by atoms with Gasteiger partial charge >= 0.3 is 66.0 Å². The Bertz CT molecular complexity index is 32.5. The summed E-state index contributed by atoms with van der Waals surface area (Å²) in [5.41, 5.74) is 0. The van der Waals surface area contributed by atoms with Crippen molar-refractivity contribution >= 4 is 32.7 Å². The summed E-state index contributed by atoms with van der Waals surface area (Å²) in [4.78, 5) is 0. The second-order valence-corrected chi connectivity index (χ2v) is 6.65. The van der Waals surface area contributed by atoms with E-state index in [1.807, 2.05) is 0 Å². The molecule has 1 heterocycles. The maximum absolute atomic E-state index is 2.15. The van der Waals surface area contributed by atoms with Gasteiger partial charge in [0, 0.05) is 0 Å². The molecule has 0 radical (unpaired) electrons. The molecule has 1 aliphatic heterocycles. The van der Waals surface area contributed by atoms with Gasteiger partial charge < -0.3 is 0 Å². The van der Waals surface area contributed by atoms with E-state index in [0.717, 1.165) is 0 Å². The summed E-state index contributed by atoms with van der Waals surface area (Å²) in [6.45, 7) is 0. The summed E-state index contributed by atoms with van der Waals surface area (Å²) in [6.07, 6.45) is 3.04. The normalized spacial score (nSPS) is 24.0. The zero-order chi connectivity index (χ0) is 5.66. The summed E-state index contributed by atoms with van der Waals surface area (Å²) in [5, 5.41) is 0. The van der Waals surface area contributed by atoms with E-state index in [1.54, 1.807) is 8.94 Å². The van der Waals surface area contributed by atoms with Crippen LogP contribution < -0.4 is 0 Å². The van der Waals surface area contributed by atoms with Crippen molar-refractivity contribution in [1.29, 1.82) is 0 Å². The van der Waals surface area contributed by atoms with Crippen molar-refractivity contribution in [3.63, 3.8) is 0 Å². The van der Waals surface area contributed by atoms with Crippen LogP contribution in [0, 0.1) is 0 Å². The van der Waals surface area contributed by atoms with Crippen molar-refractivity contribution in [3.05, 3.63) is 0 Å². The molecular weight excluding hydrogens is 232 g/mol. The van der Waals surface area contributed by atoms with Gasteiger partial charge in [-0.3, -0.25) is 0 Å². The molecule has 0 aromatic rings. The molecular formula is C6H12STe. The average Bonchev–Trinajstić information content (AvgIpc) is 1.62. The zero-order valence-electron chi connectivity index (χ0n) is 5.06. The van der Waals surface area contributed by atoms with E-state index in [-0.39, 0.29) is 0 Å². The molecule has 0 aliphatic carbocycles. The Morgan fingerprint density at radius 3 is 2.25 bits per heavy atom. The molecule has 0 atom stereocenters. The van der Waals surface area contributed by atoms with Crippen molar-refractivity contribution in [2.75, 3.05) is 11.5 Å². The first-order valence-corrected chi connectivity index (χ1v) is 7.61. The van der Waals surface area contributed by atoms with Crippen molar-refractivity contribution in [3.8, 4) is 0 Å². The van der Waals surface area contributed by atoms with E-state index in [1.165, 1.54) is 24.3 Å². The second-order valence-electron chi connectivity index (χ2n) is 1.93. The molecule has 1 fully saturated rings. The van der Waals surface area contributed by atoms with Crippen molar-refractivity contribution in [2.45, 2.75) is 21.8 Å². The molecule has 0 nitrogen and oxygen atoms in total. The third-order valence-corrected chi connectivity index (χ3v) is 5.61. The van der Waals surface area contributed by atoms with Crippen LogP contribution in [0.1, 0.15) is 12.8 Å². The van der Waals surface area contributed by atoms with Gasteiger partial charge in [-0.15, -0.1) is 0 Å². The van der Waals surface area contributed by atoms with Crippen molar-refractivity contribution in [2.24, 2.45) is 0 Å². The molecule has 2 heteroatoms. The molecule has 0 aromatic carbocycles. The van der Waals surface area contributed by atoms with Crippen LogP contribution in [0.25, 0.3) is 0 Å². The van der Waals surface area contributed by atoms with Crippen LogP contribution in [0.15, 0.2) is 0 Å². The van der Waals surface area contributed by atoms with Crippen LogP contribution >= 0.6 is 11.8 Å².